The predicted molar refractivity (Wildman–Crippen MR) is 102 cm³/mol. The Kier molecular flexibility index (Phi) is 6.84. The van der Waals surface area contributed by atoms with Crippen molar-refractivity contribution < 1.29 is 14.6 Å². The van der Waals surface area contributed by atoms with E-state index in [1.807, 2.05) is 35.4 Å². The number of halogens is 1. The van der Waals surface area contributed by atoms with Crippen LogP contribution >= 0.6 is 23.7 Å². The molecule has 0 saturated carbocycles. The van der Waals surface area contributed by atoms with E-state index in [1.54, 1.807) is 12.1 Å². The number of nitrogens with zero attached hydrogens (tertiary/aromatic N) is 1. The van der Waals surface area contributed by atoms with Gasteiger partial charge in [-0.15, -0.1) is 23.7 Å². The summed E-state index contributed by atoms with van der Waals surface area (Å²) in [5.41, 5.74) is 7.94. The first-order valence-electron chi connectivity index (χ1n) is 8.02. The van der Waals surface area contributed by atoms with Crippen molar-refractivity contribution in [2.24, 2.45) is 0 Å². The zero-order valence-corrected chi connectivity index (χ0v) is 15.7. The molecule has 5 nitrogen and oxygen atoms in total. The number of nitrogens with two attached hydrogens (primary N) is 1. The van der Waals surface area contributed by atoms with Gasteiger partial charge in [0.15, 0.2) is 0 Å². The molecule has 136 valence electrons. The molecule has 3 rings (SSSR count). The lowest BCUT2D eigenvalue weighted by atomic mass is 10.0. The minimum absolute atomic E-state index is 0. The normalized spacial score (nSPS) is 18.5. The van der Waals surface area contributed by atoms with Crippen LogP contribution < -0.4 is 5.73 Å². The van der Waals surface area contributed by atoms with E-state index in [0.29, 0.717) is 37.4 Å². The second-order valence-electron chi connectivity index (χ2n) is 6.07. The van der Waals surface area contributed by atoms with Gasteiger partial charge in [-0.25, -0.2) is 0 Å². The number of hydrogen-bond acceptors (Lipinski definition) is 5. The third kappa shape index (κ3) is 4.52. The number of nitrogen functional groups attached to an aromatic ring is 1. The van der Waals surface area contributed by atoms with Crippen molar-refractivity contribution in [3.05, 3.63) is 51.7 Å². The van der Waals surface area contributed by atoms with Gasteiger partial charge in [0.2, 0.25) is 0 Å². The van der Waals surface area contributed by atoms with Crippen LogP contribution in [0.5, 0.6) is 0 Å². The number of amides is 1. The Morgan fingerprint density at radius 1 is 1.48 bits per heavy atom. The Labute approximate surface area is 157 Å². The smallest absolute Gasteiger partial charge is 0.254 e. The summed E-state index contributed by atoms with van der Waals surface area (Å²) < 4.78 is 5.54. The maximum Gasteiger partial charge on any atom is 0.254 e. The minimum atomic E-state index is -0.589. The van der Waals surface area contributed by atoms with E-state index in [4.69, 9.17) is 10.5 Å². The van der Waals surface area contributed by atoms with Crippen LogP contribution in [0.15, 0.2) is 35.7 Å². The highest BCUT2D eigenvalue weighted by Crippen LogP contribution is 2.27. The molecule has 25 heavy (non-hydrogen) atoms. The topological polar surface area (TPSA) is 75.8 Å². The first-order chi connectivity index (χ1) is 11.6. The molecule has 3 N–H and O–H groups in total. The zero-order valence-electron chi connectivity index (χ0n) is 14.1. The molecule has 2 aromatic rings. The highest BCUT2D eigenvalue weighted by Gasteiger charge is 2.31. The van der Waals surface area contributed by atoms with E-state index in [9.17, 15) is 9.90 Å². The van der Waals surface area contributed by atoms with Crippen LogP contribution in [0.4, 0.5) is 5.69 Å². The molecule has 1 fully saturated rings. The molecule has 0 bridgehead atoms. The van der Waals surface area contributed by atoms with Crippen LogP contribution in [-0.4, -0.2) is 41.7 Å². The van der Waals surface area contributed by atoms with Crippen molar-refractivity contribution in [2.75, 3.05) is 25.5 Å². The Hall–Kier alpha value is -1.60. The SMILES string of the molecule is Cc1ccc(N)cc1C(=O)N1CCOCC1CC(O)c1cccs1.Cl. The minimum Gasteiger partial charge on any atom is -0.399 e. The average Bonchev–Trinajstić information content (AvgIpc) is 3.12. The van der Waals surface area contributed by atoms with Gasteiger partial charge >= 0.3 is 0 Å². The van der Waals surface area contributed by atoms with Gasteiger partial charge in [-0.3, -0.25) is 4.79 Å². The van der Waals surface area contributed by atoms with Gasteiger partial charge in [-0.05, 0) is 36.1 Å². The maximum atomic E-state index is 13.0. The van der Waals surface area contributed by atoms with Gasteiger partial charge < -0.3 is 20.5 Å². The van der Waals surface area contributed by atoms with Crippen molar-refractivity contribution in [2.45, 2.75) is 25.5 Å². The van der Waals surface area contributed by atoms with Gasteiger partial charge in [0.25, 0.3) is 5.91 Å². The van der Waals surface area contributed by atoms with E-state index >= 15 is 0 Å². The highest BCUT2D eigenvalue weighted by atomic mass is 35.5. The Bertz CT molecular complexity index is 708. The standard InChI is InChI=1S/C18H22N2O3S.ClH/c1-12-4-5-13(19)9-15(12)18(22)20-6-7-23-11-14(20)10-16(21)17-3-2-8-24-17;/h2-5,8-9,14,16,21H,6-7,10-11,19H2,1H3;1H. The number of benzene rings is 1. The molecule has 1 aliphatic heterocycles. The van der Waals surface area contributed by atoms with E-state index in [2.05, 4.69) is 0 Å². The number of aryl methyl sites for hydroxylation is 1. The fourth-order valence-electron chi connectivity index (χ4n) is 3.00. The monoisotopic (exact) mass is 382 g/mol. The molecule has 0 radical (unpaired) electrons. The molecule has 1 aromatic carbocycles. The van der Waals surface area contributed by atoms with Gasteiger partial charge in [0.1, 0.15) is 0 Å². The number of thiophene rings is 1. The van der Waals surface area contributed by atoms with Crippen molar-refractivity contribution in [3.8, 4) is 0 Å². The second kappa shape index (κ2) is 8.67. The molecule has 2 heterocycles. The number of anilines is 1. The van der Waals surface area contributed by atoms with Gasteiger partial charge in [0.05, 0.1) is 25.4 Å². The van der Waals surface area contributed by atoms with Gasteiger partial charge in [0, 0.05) is 29.1 Å². The third-order valence-corrected chi connectivity index (χ3v) is 5.32. The van der Waals surface area contributed by atoms with E-state index in [-0.39, 0.29) is 24.4 Å². The molecule has 1 aromatic heterocycles. The summed E-state index contributed by atoms with van der Waals surface area (Å²) in [6.45, 7) is 3.38. The first kappa shape index (κ1) is 19.7. The van der Waals surface area contributed by atoms with Crippen LogP contribution in [0.3, 0.4) is 0 Å². The summed E-state index contributed by atoms with van der Waals surface area (Å²) in [6, 6.07) is 9.05. The molecule has 1 amide bonds. The fraction of sp³-hybridized carbons (Fsp3) is 0.389. The third-order valence-electron chi connectivity index (χ3n) is 4.35. The highest BCUT2D eigenvalue weighted by molar-refractivity contribution is 7.10. The summed E-state index contributed by atoms with van der Waals surface area (Å²) in [5, 5.41) is 12.4. The Morgan fingerprint density at radius 3 is 3.00 bits per heavy atom. The number of aliphatic hydroxyl groups is 1. The lowest BCUT2D eigenvalue weighted by molar-refractivity contribution is -0.0170. The Balaban J connectivity index is 0.00000225. The lowest BCUT2D eigenvalue weighted by Gasteiger charge is -2.37. The molecule has 0 aliphatic carbocycles. The summed E-state index contributed by atoms with van der Waals surface area (Å²) in [6.07, 6.45) is -0.123. The predicted octanol–water partition coefficient (Wildman–Crippen LogP) is 3.03. The summed E-state index contributed by atoms with van der Waals surface area (Å²) in [5.74, 6) is -0.0496. The summed E-state index contributed by atoms with van der Waals surface area (Å²) in [7, 11) is 0. The molecule has 0 spiro atoms. The summed E-state index contributed by atoms with van der Waals surface area (Å²) >= 11 is 1.52. The molecule has 1 saturated heterocycles. The molecular weight excluding hydrogens is 360 g/mol. The number of hydrogen-bond donors (Lipinski definition) is 2. The largest absolute Gasteiger partial charge is 0.399 e. The van der Waals surface area contributed by atoms with Crippen LogP contribution in [0.2, 0.25) is 0 Å². The molecule has 2 atom stereocenters. The first-order valence-corrected chi connectivity index (χ1v) is 8.90. The number of carbonyl (C=O) groups is 1. The molecule has 2 unspecified atom stereocenters. The molecular formula is C18H23ClN2O3S. The quantitative estimate of drug-likeness (QED) is 0.797. The van der Waals surface area contributed by atoms with Crippen LogP contribution in [0, 0.1) is 6.92 Å². The zero-order chi connectivity index (χ0) is 17.1. The Morgan fingerprint density at radius 2 is 2.28 bits per heavy atom. The van der Waals surface area contributed by atoms with Crippen LogP contribution in [0.1, 0.15) is 33.3 Å². The van der Waals surface area contributed by atoms with Crippen molar-refractivity contribution in [3.63, 3.8) is 0 Å². The summed E-state index contributed by atoms with van der Waals surface area (Å²) in [4.78, 5) is 15.7. The van der Waals surface area contributed by atoms with Gasteiger partial charge in [-0.1, -0.05) is 12.1 Å². The van der Waals surface area contributed by atoms with Crippen molar-refractivity contribution in [1.82, 2.24) is 4.90 Å². The number of morpholine rings is 1. The van der Waals surface area contributed by atoms with Crippen LogP contribution in [-0.2, 0) is 4.74 Å². The van der Waals surface area contributed by atoms with Crippen molar-refractivity contribution >= 4 is 35.3 Å². The van der Waals surface area contributed by atoms with E-state index < -0.39 is 6.10 Å². The van der Waals surface area contributed by atoms with Gasteiger partial charge in [-0.2, -0.15) is 0 Å². The molecule has 7 heteroatoms. The number of carbonyl (C=O) groups excluding carboxylic acids is 1. The number of aliphatic hydroxyl groups excluding tert-OH is 1. The van der Waals surface area contributed by atoms with E-state index in [0.717, 1.165) is 10.4 Å². The second-order valence-corrected chi connectivity index (χ2v) is 7.05. The maximum absolute atomic E-state index is 13.0. The molecule has 1 aliphatic rings. The average molecular weight is 383 g/mol. The number of rotatable bonds is 4. The fourth-order valence-corrected chi connectivity index (χ4v) is 3.72. The van der Waals surface area contributed by atoms with Crippen molar-refractivity contribution in [1.29, 1.82) is 0 Å². The lowest BCUT2D eigenvalue weighted by Crippen LogP contribution is -2.49. The van der Waals surface area contributed by atoms with E-state index in [1.165, 1.54) is 11.3 Å². The van der Waals surface area contributed by atoms with Crippen LogP contribution in [0.25, 0.3) is 0 Å². The number of ether oxygens (including phenoxy) is 1.